The van der Waals surface area contributed by atoms with E-state index >= 15 is 0 Å². The van der Waals surface area contributed by atoms with Crippen LogP contribution in [0.15, 0.2) is 21.3 Å². The highest BCUT2D eigenvalue weighted by atomic mass is 127. The Balaban J connectivity index is 1.80. The molecule has 0 spiro atoms. The smallest absolute Gasteiger partial charge is 0.255 e. The molecule has 0 saturated carbocycles. The number of aryl methyl sites for hydroxylation is 1. The molecule has 0 saturated heterocycles. The molecule has 19 heavy (non-hydrogen) atoms. The molecule has 2 aromatic heterocycles. The number of H-pyrrole nitrogens is 1. The molecule has 5 nitrogen and oxygen atoms in total. The maximum absolute atomic E-state index is 11.9. The Kier molecular flexibility index (Phi) is 3.44. The van der Waals surface area contributed by atoms with Gasteiger partial charge in [-0.1, -0.05) is 0 Å². The van der Waals surface area contributed by atoms with Crippen LogP contribution in [0.1, 0.15) is 22.8 Å². The van der Waals surface area contributed by atoms with Crippen LogP contribution in [0.5, 0.6) is 0 Å². The first-order valence-corrected chi connectivity index (χ1v) is 7.25. The van der Waals surface area contributed by atoms with Crippen LogP contribution in [0.25, 0.3) is 0 Å². The average Bonchev–Trinajstić information content (AvgIpc) is 2.75. The van der Waals surface area contributed by atoms with Crippen molar-refractivity contribution in [1.29, 1.82) is 0 Å². The number of halogens is 1. The topological polar surface area (TPSA) is 62.1 Å². The van der Waals surface area contributed by atoms with Gasteiger partial charge in [0.15, 0.2) is 3.77 Å². The van der Waals surface area contributed by atoms with Crippen molar-refractivity contribution < 1.29 is 4.42 Å². The number of furan rings is 1. The molecular weight excluding hydrogens is 357 g/mol. The number of hydrogen-bond acceptors (Lipinski definition) is 4. The lowest BCUT2D eigenvalue weighted by atomic mass is 10.1. The lowest BCUT2D eigenvalue weighted by Gasteiger charge is -2.26. The number of rotatable bonds is 2. The summed E-state index contributed by atoms with van der Waals surface area (Å²) < 4.78 is 6.46. The summed E-state index contributed by atoms with van der Waals surface area (Å²) in [4.78, 5) is 21.3. The van der Waals surface area contributed by atoms with E-state index in [0.717, 1.165) is 40.3 Å². The fourth-order valence-electron chi connectivity index (χ4n) is 2.40. The van der Waals surface area contributed by atoms with Gasteiger partial charge in [0.2, 0.25) is 0 Å². The second kappa shape index (κ2) is 5.09. The zero-order valence-electron chi connectivity index (χ0n) is 10.6. The molecule has 0 radical (unpaired) electrons. The highest BCUT2D eigenvalue weighted by molar-refractivity contribution is 14.1. The minimum Gasteiger partial charge on any atom is -0.454 e. The maximum atomic E-state index is 11.9. The van der Waals surface area contributed by atoms with Crippen LogP contribution in [0.3, 0.4) is 0 Å². The third-order valence-electron chi connectivity index (χ3n) is 3.27. The van der Waals surface area contributed by atoms with E-state index in [4.69, 9.17) is 4.42 Å². The summed E-state index contributed by atoms with van der Waals surface area (Å²) in [5, 5.41) is 0. The van der Waals surface area contributed by atoms with Gasteiger partial charge in [0.25, 0.3) is 5.56 Å². The zero-order chi connectivity index (χ0) is 13.4. The van der Waals surface area contributed by atoms with Crippen LogP contribution in [0.4, 0.5) is 0 Å². The Bertz CT molecular complexity index is 662. The number of nitrogens with one attached hydrogen (secondary N) is 1. The molecule has 0 aromatic carbocycles. The summed E-state index contributed by atoms with van der Waals surface area (Å²) in [5.41, 5.74) is 1.71. The molecule has 1 N–H and O–H groups in total. The fourth-order valence-corrected chi connectivity index (χ4v) is 2.86. The number of hydrogen-bond donors (Lipinski definition) is 1. The first-order chi connectivity index (χ1) is 9.11. The summed E-state index contributed by atoms with van der Waals surface area (Å²) in [5.74, 6) is 1.63. The van der Waals surface area contributed by atoms with Crippen molar-refractivity contribution >= 4 is 22.6 Å². The van der Waals surface area contributed by atoms with E-state index in [1.54, 1.807) is 0 Å². The standard InChI is InChI=1S/C13H14IN3O2/c1-8-15-11-4-5-17(7-10(11)13(18)16-8)6-9-2-3-12(14)19-9/h2-3H,4-7H2,1H3,(H,15,16,18). The summed E-state index contributed by atoms with van der Waals surface area (Å²) in [7, 11) is 0. The largest absolute Gasteiger partial charge is 0.454 e. The maximum Gasteiger partial charge on any atom is 0.255 e. The minimum absolute atomic E-state index is 0.0128. The van der Waals surface area contributed by atoms with Crippen LogP contribution in [0, 0.1) is 10.7 Å². The average molecular weight is 371 g/mol. The number of nitrogens with zero attached hydrogens (tertiary/aromatic N) is 2. The van der Waals surface area contributed by atoms with E-state index in [1.165, 1.54) is 0 Å². The van der Waals surface area contributed by atoms with Crippen molar-refractivity contribution in [2.75, 3.05) is 6.54 Å². The second-order valence-electron chi connectivity index (χ2n) is 4.74. The molecule has 6 heteroatoms. The molecule has 3 heterocycles. The van der Waals surface area contributed by atoms with Crippen LogP contribution >= 0.6 is 22.6 Å². The SMILES string of the molecule is Cc1nc2c(c(=O)[nH]1)CN(Cc1ccc(I)o1)CC2. The van der Waals surface area contributed by atoms with Gasteiger partial charge in [-0.25, -0.2) is 4.98 Å². The quantitative estimate of drug-likeness (QED) is 0.819. The Hall–Kier alpha value is -1.15. The van der Waals surface area contributed by atoms with Crippen LogP contribution in [-0.2, 0) is 19.5 Å². The molecule has 0 aliphatic carbocycles. The van der Waals surface area contributed by atoms with Gasteiger partial charge < -0.3 is 9.40 Å². The Morgan fingerprint density at radius 3 is 3.11 bits per heavy atom. The van der Waals surface area contributed by atoms with E-state index in [2.05, 4.69) is 37.5 Å². The fraction of sp³-hybridized carbons (Fsp3) is 0.385. The number of aromatic nitrogens is 2. The minimum atomic E-state index is -0.0128. The molecular formula is C13H14IN3O2. The van der Waals surface area contributed by atoms with Gasteiger partial charge in [-0.15, -0.1) is 0 Å². The van der Waals surface area contributed by atoms with Gasteiger partial charge in [-0.3, -0.25) is 9.69 Å². The van der Waals surface area contributed by atoms with Crippen molar-refractivity contribution in [3.05, 3.63) is 49.1 Å². The Morgan fingerprint density at radius 1 is 1.53 bits per heavy atom. The summed E-state index contributed by atoms with van der Waals surface area (Å²) in [6.07, 6.45) is 0.817. The van der Waals surface area contributed by atoms with Crippen molar-refractivity contribution in [3.8, 4) is 0 Å². The number of fused-ring (bicyclic) bond motifs is 1. The Labute approximate surface area is 124 Å². The molecule has 0 unspecified atom stereocenters. The van der Waals surface area contributed by atoms with Gasteiger partial charge >= 0.3 is 0 Å². The highest BCUT2D eigenvalue weighted by Crippen LogP contribution is 2.18. The third kappa shape index (κ3) is 2.74. The van der Waals surface area contributed by atoms with Gasteiger partial charge in [0, 0.05) is 19.5 Å². The normalized spacial score (nSPS) is 15.5. The van der Waals surface area contributed by atoms with Crippen molar-refractivity contribution in [1.82, 2.24) is 14.9 Å². The summed E-state index contributed by atoms with van der Waals surface area (Å²) in [6, 6.07) is 3.93. The summed E-state index contributed by atoms with van der Waals surface area (Å²) >= 11 is 2.15. The second-order valence-corrected chi connectivity index (χ2v) is 5.81. The van der Waals surface area contributed by atoms with Crippen molar-refractivity contribution in [2.45, 2.75) is 26.4 Å². The molecule has 2 aromatic rings. The zero-order valence-corrected chi connectivity index (χ0v) is 12.7. The first kappa shape index (κ1) is 12.9. The Morgan fingerprint density at radius 2 is 2.37 bits per heavy atom. The molecule has 3 rings (SSSR count). The van der Waals surface area contributed by atoms with E-state index < -0.39 is 0 Å². The van der Waals surface area contributed by atoms with Crippen LogP contribution in [0.2, 0.25) is 0 Å². The number of aromatic amines is 1. The lowest BCUT2D eigenvalue weighted by Crippen LogP contribution is -2.35. The van der Waals surface area contributed by atoms with Crippen molar-refractivity contribution in [3.63, 3.8) is 0 Å². The van der Waals surface area contributed by atoms with Gasteiger partial charge in [0.1, 0.15) is 11.6 Å². The molecule has 1 aliphatic heterocycles. The van der Waals surface area contributed by atoms with Gasteiger partial charge in [-0.05, 0) is 41.6 Å². The molecule has 0 amide bonds. The monoisotopic (exact) mass is 371 g/mol. The molecule has 0 atom stereocenters. The predicted octanol–water partition coefficient (Wildman–Crippen LogP) is 1.83. The van der Waals surface area contributed by atoms with Crippen LogP contribution in [-0.4, -0.2) is 21.4 Å². The van der Waals surface area contributed by atoms with E-state index in [1.807, 2.05) is 19.1 Å². The molecule has 1 aliphatic rings. The van der Waals surface area contributed by atoms with Crippen LogP contribution < -0.4 is 5.56 Å². The molecule has 0 fully saturated rings. The van der Waals surface area contributed by atoms with Gasteiger partial charge in [0.05, 0.1) is 17.8 Å². The van der Waals surface area contributed by atoms with Crippen molar-refractivity contribution in [2.24, 2.45) is 0 Å². The predicted molar refractivity (Wildman–Crippen MR) is 78.8 cm³/mol. The third-order valence-corrected chi connectivity index (χ3v) is 3.85. The highest BCUT2D eigenvalue weighted by Gasteiger charge is 2.21. The van der Waals surface area contributed by atoms with E-state index in [0.29, 0.717) is 12.4 Å². The summed E-state index contributed by atoms with van der Waals surface area (Å²) in [6.45, 7) is 4.09. The van der Waals surface area contributed by atoms with E-state index in [-0.39, 0.29) is 5.56 Å². The molecule has 100 valence electrons. The first-order valence-electron chi connectivity index (χ1n) is 6.17. The lowest BCUT2D eigenvalue weighted by molar-refractivity contribution is 0.221. The van der Waals surface area contributed by atoms with Gasteiger partial charge in [-0.2, -0.15) is 0 Å². The van der Waals surface area contributed by atoms with E-state index in [9.17, 15) is 4.79 Å². The molecule has 0 bridgehead atoms.